The molecule has 1 nitrogen and oxygen atoms in total. The lowest BCUT2D eigenvalue weighted by molar-refractivity contribution is 1.48. The summed E-state index contributed by atoms with van der Waals surface area (Å²) in [7, 11) is 0. The molecule has 0 unspecified atom stereocenters. The van der Waals surface area contributed by atoms with Gasteiger partial charge in [-0.15, -0.1) is 0 Å². The average Bonchev–Trinajstić information content (AvgIpc) is 3.23. The molecule has 0 aliphatic carbocycles. The number of benzene rings is 2. The largest absolute Gasteiger partial charge is 0.361 e. The number of aromatic amines is 1. The van der Waals surface area contributed by atoms with Gasteiger partial charge in [-0.1, -0.05) is 66.2 Å². The van der Waals surface area contributed by atoms with Gasteiger partial charge in [0.2, 0.25) is 0 Å². The Balaban J connectivity index is 0.000000121. The van der Waals surface area contributed by atoms with Crippen molar-refractivity contribution in [3.05, 3.63) is 95.3 Å². The molecule has 1 N–H and O–H groups in total. The normalized spacial score (nSPS) is 9.19. The Morgan fingerprint density at radius 1 is 0.714 bits per heavy atom. The predicted octanol–water partition coefficient (Wildman–Crippen LogP) is 5.91. The summed E-state index contributed by atoms with van der Waals surface area (Å²) in [6.07, 6.45) is 1.95. The zero-order valence-electron chi connectivity index (χ0n) is 12.1. The average molecular weight is 293 g/mol. The molecule has 0 radical (unpaired) electrons. The van der Waals surface area contributed by atoms with Crippen LogP contribution in [0.3, 0.4) is 0 Å². The molecule has 0 fully saturated rings. The SMILES string of the molecule is Cc1ccccc1.c1ccc2[nH]ccc2c1.c1ccsc1. The van der Waals surface area contributed by atoms with Crippen molar-refractivity contribution >= 4 is 22.2 Å². The van der Waals surface area contributed by atoms with E-state index in [2.05, 4.69) is 42.2 Å². The van der Waals surface area contributed by atoms with E-state index in [0.29, 0.717) is 0 Å². The molecule has 2 aromatic heterocycles. The second-order valence-corrected chi connectivity index (χ2v) is 5.33. The fraction of sp³-hybridized carbons (Fsp3) is 0.0526. The molecule has 0 atom stereocenters. The highest BCUT2D eigenvalue weighted by Gasteiger charge is 1.86. The molecule has 0 spiro atoms. The van der Waals surface area contributed by atoms with Crippen LogP contribution in [-0.4, -0.2) is 4.98 Å². The van der Waals surface area contributed by atoms with Crippen LogP contribution in [0, 0.1) is 6.92 Å². The fourth-order valence-corrected chi connectivity index (χ4v) is 2.21. The van der Waals surface area contributed by atoms with E-state index in [1.165, 1.54) is 16.5 Å². The van der Waals surface area contributed by atoms with Gasteiger partial charge in [0.25, 0.3) is 0 Å². The van der Waals surface area contributed by atoms with Gasteiger partial charge in [-0.3, -0.25) is 0 Å². The Morgan fingerprint density at radius 2 is 1.38 bits per heavy atom. The number of para-hydroxylation sites is 1. The summed E-state index contributed by atoms with van der Waals surface area (Å²) < 4.78 is 0. The Labute approximate surface area is 129 Å². The minimum absolute atomic E-state index is 1.21. The van der Waals surface area contributed by atoms with Crippen LogP contribution >= 0.6 is 11.3 Å². The van der Waals surface area contributed by atoms with Crippen molar-refractivity contribution in [1.82, 2.24) is 4.98 Å². The van der Waals surface area contributed by atoms with E-state index < -0.39 is 0 Å². The Hall–Kier alpha value is -2.32. The van der Waals surface area contributed by atoms with Crippen LogP contribution in [0.5, 0.6) is 0 Å². The number of H-pyrrole nitrogens is 1. The van der Waals surface area contributed by atoms with Gasteiger partial charge in [0.15, 0.2) is 0 Å². The number of rotatable bonds is 0. The van der Waals surface area contributed by atoms with Crippen LogP contribution < -0.4 is 0 Å². The monoisotopic (exact) mass is 293 g/mol. The van der Waals surface area contributed by atoms with Crippen LogP contribution in [0.15, 0.2) is 89.8 Å². The molecule has 0 aliphatic rings. The van der Waals surface area contributed by atoms with Crippen molar-refractivity contribution < 1.29 is 0 Å². The summed E-state index contributed by atoms with van der Waals surface area (Å²) in [6, 6.07) is 24.6. The molecule has 21 heavy (non-hydrogen) atoms. The van der Waals surface area contributed by atoms with Crippen molar-refractivity contribution in [2.24, 2.45) is 0 Å². The fourth-order valence-electron chi connectivity index (χ4n) is 1.76. The van der Waals surface area contributed by atoms with E-state index in [1.54, 1.807) is 11.3 Å². The number of nitrogens with one attached hydrogen (secondary N) is 1. The molecule has 0 saturated carbocycles. The number of aryl methyl sites for hydroxylation is 1. The van der Waals surface area contributed by atoms with Crippen LogP contribution in [0.2, 0.25) is 0 Å². The highest BCUT2D eigenvalue weighted by Crippen LogP contribution is 2.09. The van der Waals surface area contributed by atoms with Gasteiger partial charge in [-0.05, 0) is 35.2 Å². The van der Waals surface area contributed by atoms with Gasteiger partial charge in [-0.25, -0.2) is 0 Å². The Bertz CT molecular complexity index is 664. The lowest BCUT2D eigenvalue weighted by Crippen LogP contribution is -1.62. The first-order chi connectivity index (χ1) is 10.4. The Morgan fingerprint density at radius 3 is 1.90 bits per heavy atom. The number of aromatic nitrogens is 1. The van der Waals surface area contributed by atoms with Gasteiger partial charge in [-0.2, -0.15) is 11.3 Å². The van der Waals surface area contributed by atoms with Crippen LogP contribution in [0.25, 0.3) is 10.9 Å². The third-order valence-electron chi connectivity index (χ3n) is 2.83. The topological polar surface area (TPSA) is 15.8 Å². The maximum atomic E-state index is 3.12. The van der Waals surface area contributed by atoms with Crippen molar-refractivity contribution in [3.63, 3.8) is 0 Å². The van der Waals surface area contributed by atoms with Gasteiger partial charge < -0.3 is 4.98 Å². The maximum absolute atomic E-state index is 3.12. The number of hydrogen-bond acceptors (Lipinski definition) is 1. The molecule has 2 heteroatoms. The second kappa shape index (κ2) is 8.77. The first-order valence-corrected chi connectivity index (χ1v) is 7.81. The standard InChI is InChI=1S/C8H7N.C7H8.C4H4S/c1-2-4-8-7(3-1)5-6-9-8;1-7-5-3-2-4-6-7;1-2-4-5-3-1/h1-6,9H;2-6H,1H3;1-4H. The molecule has 0 bridgehead atoms. The molecular formula is C19H19NS. The number of thiophene rings is 1. The minimum atomic E-state index is 1.21. The van der Waals surface area contributed by atoms with Gasteiger partial charge in [0.1, 0.15) is 0 Å². The first-order valence-electron chi connectivity index (χ1n) is 6.87. The van der Waals surface area contributed by atoms with E-state index in [9.17, 15) is 0 Å². The first kappa shape index (κ1) is 15.1. The van der Waals surface area contributed by atoms with Crippen molar-refractivity contribution in [2.75, 3.05) is 0 Å². The van der Waals surface area contributed by atoms with E-state index in [4.69, 9.17) is 0 Å². The summed E-state index contributed by atoms with van der Waals surface area (Å²) >= 11 is 1.71. The third kappa shape index (κ3) is 5.67. The van der Waals surface area contributed by atoms with E-state index in [0.717, 1.165) is 0 Å². The zero-order chi connectivity index (χ0) is 14.8. The van der Waals surface area contributed by atoms with E-state index in [-0.39, 0.29) is 0 Å². The lowest BCUT2D eigenvalue weighted by atomic mass is 10.2. The van der Waals surface area contributed by atoms with Crippen LogP contribution in [0.1, 0.15) is 5.56 Å². The summed E-state index contributed by atoms with van der Waals surface area (Å²) in [4.78, 5) is 3.12. The number of hydrogen-bond donors (Lipinski definition) is 1. The van der Waals surface area contributed by atoms with Crippen LogP contribution in [-0.2, 0) is 0 Å². The van der Waals surface area contributed by atoms with E-state index >= 15 is 0 Å². The van der Waals surface area contributed by atoms with Crippen molar-refractivity contribution in [3.8, 4) is 0 Å². The summed E-state index contributed by atoms with van der Waals surface area (Å²) in [5.74, 6) is 0. The second-order valence-electron chi connectivity index (χ2n) is 4.51. The molecule has 2 aromatic carbocycles. The maximum Gasteiger partial charge on any atom is 0.0453 e. The van der Waals surface area contributed by atoms with Gasteiger partial charge in [0.05, 0.1) is 0 Å². The molecule has 4 rings (SSSR count). The molecular weight excluding hydrogens is 274 g/mol. The Kier molecular flexibility index (Phi) is 6.30. The van der Waals surface area contributed by atoms with Crippen LogP contribution in [0.4, 0.5) is 0 Å². The van der Waals surface area contributed by atoms with E-state index in [1.807, 2.05) is 59.4 Å². The minimum Gasteiger partial charge on any atom is -0.361 e. The van der Waals surface area contributed by atoms with Crippen molar-refractivity contribution in [1.29, 1.82) is 0 Å². The smallest absolute Gasteiger partial charge is 0.0453 e. The quantitative estimate of drug-likeness (QED) is 0.415. The molecule has 0 aliphatic heterocycles. The summed E-state index contributed by atoms with van der Waals surface area (Å²) in [5, 5.41) is 5.36. The van der Waals surface area contributed by atoms with Gasteiger partial charge in [0, 0.05) is 11.7 Å². The van der Waals surface area contributed by atoms with Gasteiger partial charge >= 0.3 is 0 Å². The zero-order valence-corrected chi connectivity index (χ0v) is 12.9. The third-order valence-corrected chi connectivity index (χ3v) is 3.46. The highest BCUT2D eigenvalue weighted by molar-refractivity contribution is 7.07. The summed E-state index contributed by atoms with van der Waals surface area (Å²) in [5.41, 5.74) is 2.53. The molecule has 0 saturated heterocycles. The summed E-state index contributed by atoms with van der Waals surface area (Å²) in [6.45, 7) is 2.08. The van der Waals surface area contributed by atoms with Crippen molar-refractivity contribution in [2.45, 2.75) is 6.92 Å². The molecule has 106 valence electrons. The predicted molar refractivity (Wildman–Crippen MR) is 93.8 cm³/mol. The molecule has 0 amide bonds. The molecule has 2 heterocycles. The molecule has 4 aromatic rings. The lowest BCUT2D eigenvalue weighted by Gasteiger charge is -1.83. The highest BCUT2D eigenvalue weighted by atomic mass is 32.1. The number of fused-ring (bicyclic) bond motifs is 1.